The van der Waals surface area contributed by atoms with Gasteiger partial charge >= 0.3 is 0 Å². The first-order chi connectivity index (χ1) is 12.5. The van der Waals surface area contributed by atoms with Crippen LogP contribution in [-0.4, -0.2) is 34.0 Å². The Morgan fingerprint density at radius 3 is 1.92 bits per heavy atom. The Morgan fingerprint density at radius 2 is 1.35 bits per heavy atom. The number of hydrogen-bond acceptors (Lipinski definition) is 3. The molecule has 0 atom stereocenters. The molecule has 132 valence electrons. The van der Waals surface area contributed by atoms with Crippen LogP contribution in [0.15, 0.2) is 72.8 Å². The molecule has 0 saturated carbocycles. The number of carbonyl (C=O) groups excluding carboxylic acids is 1. The third-order valence-electron chi connectivity index (χ3n) is 4.48. The van der Waals surface area contributed by atoms with Crippen LogP contribution in [0.1, 0.15) is 15.9 Å². The highest BCUT2D eigenvalue weighted by atomic mass is 16.1. The molecule has 0 unspecified atom stereocenters. The molecule has 0 bridgehead atoms. The van der Waals surface area contributed by atoms with Gasteiger partial charge in [0.05, 0.1) is 0 Å². The van der Waals surface area contributed by atoms with E-state index in [1.54, 1.807) is 0 Å². The highest BCUT2D eigenvalue weighted by Crippen LogP contribution is 2.29. The van der Waals surface area contributed by atoms with Crippen molar-refractivity contribution in [3.05, 3.63) is 83.9 Å². The second-order valence-electron chi connectivity index (χ2n) is 6.76. The normalized spacial score (nSPS) is 10.5. The summed E-state index contributed by atoms with van der Waals surface area (Å²) in [5.74, 6) is 0.0387. The average Bonchev–Trinajstić information content (AvgIpc) is 2.67. The lowest BCUT2D eigenvalue weighted by Crippen LogP contribution is -2.15. The lowest BCUT2D eigenvalue weighted by molar-refractivity contribution is 0.103. The maximum Gasteiger partial charge on any atom is 0.195 e. The summed E-state index contributed by atoms with van der Waals surface area (Å²) in [5, 5.41) is 0. The SMILES string of the molecule is CN(C)c1ccc(C(=O)c2cc(-c3ccccc3)ccc2N(C)C)cc1. The van der Waals surface area contributed by atoms with Crippen molar-refractivity contribution < 1.29 is 4.79 Å². The van der Waals surface area contributed by atoms with Crippen molar-refractivity contribution in [1.29, 1.82) is 0 Å². The van der Waals surface area contributed by atoms with E-state index in [1.165, 1.54) is 0 Å². The van der Waals surface area contributed by atoms with E-state index in [4.69, 9.17) is 0 Å². The van der Waals surface area contributed by atoms with Crippen molar-refractivity contribution in [2.75, 3.05) is 38.0 Å². The van der Waals surface area contributed by atoms with Gasteiger partial charge in [-0.3, -0.25) is 4.79 Å². The summed E-state index contributed by atoms with van der Waals surface area (Å²) >= 11 is 0. The first-order valence-corrected chi connectivity index (χ1v) is 8.66. The molecule has 0 radical (unpaired) electrons. The smallest absolute Gasteiger partial charge is 0.195 e. The number of benzene rings is 3. The Hall–Kier alpha value is -3.07. The predicted molar refractivity (Wildman–Crippen MR) is 110 cm³/mol. The minimum Gasteiger partial charge on any atom is -0.378 e. The van der Waals surface area contributed by atoms with Crippen LogP contribution < -0.4 is 9.80 Å². The molecule has 3 aromatic carbocycles. The molecule has 3 nitrogen and oxygen atoms in total. The summed E-state index contributed by atoms with van der Waals surface area (Å²) in [6.07, 6.45) is 0. The molecule has 3 heteroatoms. The van der Waals surface area contributed by atoms with Gasteiger partial charge < -0.3 is 9.80 Å². The van der Waals surface area contributed by atoms with Crippen LogP contribution in [0.5, 0.6) is 0 Å². The van der Waals surface area contributed by atoms with E-state index in [0.29, 0.717) is 11.1 Å². The van der Waals surface area contributed by atoms with Gasteiger partial charge in [-0.15, -0.1) is 0 Å². The molecule has 0 N–H and O–H groups in total. The van der Waals surface area contributed by atoms with Crippen molar-refractivity contribution >= 4 is 17.2 Å². The zero-order chi connectivity index (χ0) is 18.7. The Bertz CT molecular complexity index is 897. The molecule has 0 amide bonds. The van der Waals surface area contributed by atoms with Gasteiger partial charge in [-0.2, -0.15) is 0 Å². The number of carbonyl (C=O) groups is 1. The zero-order valence-electron chi connectivity index (χ0n) is 15.7. The van der Waals surface area contributed by atoms with Crippen molar-refractivity contribution in [2.45, 2.75) is 0 Å². The average molecular weight is 344 g/mol. The molecule has 0 spiro atoms. The summed E-state index contributed by atoms with van der Waals surface area (Å²) in [5.41, 5.74) is 5.57. The number of nitrogens with zero attached hydrogens (tertiary/aromatic N) is 2. The Balaban J connectivity index is 2.05. The largest absolute Gasteiger partial charge is 0.378 e. The van der Waals surface area contributed by atoms with Crippen molar-refractivity contribution in [3.8, 4) is 11.1 Å². The van der Waals surface area contributed by atoms with Gasteiger partial charge in [0.25, 0.3) is 0 Å². The van der Waals surface area contributed by atoms with E-state index in [1.807, 2.05) is 92.6 Å². The molecular weight excluding hydrogens is 320 g/mol. The fourth-order valence-electron chi connectivity index (χ4n) is 2.98. The van der Waals surface area contributed by atoms with Crippen LogP contribution >= 0.6 is 0 Å². The molecule has 0 aliphatic heterocycles. The Morgan fingerprint density at radius 1 is 0.692 bits per heavy atom. The molecule has 26 heavy (non-hydrogen) atoms. The molecule has 0 heterocycles. The van der Waals surface area contributed by atoms with E-state index in [0.717, 1.165) is 22.5 Å². The van der Waals surface area contributed by atoms with E-state index < -0.39 is 0 Å². The van der Waals surface area contributed by atoms with Crippen LogP contribution in [0.4, 0.5) is 11.4 Å². The van der Waals surface area contributed by atoms with Crippen molar-refractivity contribution in [1.82, 2.24) is 0 Å². The summed E-state index contributed by atoms with van der Waals surface area (Å²) in [6.45, 7) is 0. The number of anilines is 2. The van der Waals surface area contributed by atoms with E-state index >= 15 is 0 Å². The van der Waals surface area contributed by atoms with Gasteiger partial charge in [-0.1, -0.05) is 36.4 Å². The van der Waals surface area contributed by atoms with Gasteiger partial charge in [-0.25, -0.2) is 0 Å². The summed E-state index contributed by atoms with van der Waals surface area (Å²) in [7, 11) is 7.90. The minimum absolute atomic E-state index is 0.0387. The summed E-state index contributed by atoms with van der Waals surface area (Å²) in [4.78, 5) is 17.2. The third kappa shape index (κ3) is 3.62. The minimum atomic E-state index is 0.0387. The van der Waals surface area contributed by atoms with Crippen molar-refractivity contribution in [3.63, 3.8) is 0 Å². The maximum absolute atomic E-state index is 13.2. The fourth-order valence-corrected chi connectivity index (χ4v) is 2.98. The highest BCUT2D eigenvalue weighted by Gasteiger charge is 2.16. The predicted octanol–water partition coefficient (Wildman–Crippen LogP) is 4.72. The third-order valence-corrected chi connectivity index (χ3v) is 4.48. The molecule has 0 aliphatic carbocycles. The Labute approximate surface area is 155 Å². The van der Waals surface area contributed by atoms with Gasteiger partial charge in [0.2, 0.25) is 0 Å². The van der Waals surface area contributed by atoms with Gasteiger partial charge in [-0.05, 0) is 47.5 Å². The number of ketones is 1. The topological polar surface area (TPSA) is 23.6 Å². The quantitative estimate of drug-likeness (QED) is 0.626. The van der Waals surface area contributed by atoms with E-state index in [9.17, 15) is 4.79 Å². The van der Waals surface area contributed by atoms with E-state index in [-0.39, 0.29) is 5.78 Å². The van der Waals surface area contributed by atoms with Crippen LogP contribution in [0.3, 0.4) is 0 Å². The second-order valence-corrected chi connectivity index (χ2v) is 6.76. The van der Waals surface area contributed by atoms with Crippen LogP contribution in [-0.2, 0) is 0 Å². The molecule has 3 rings (SSSR count). The van der Waals surface area contributed by atoms with Crippen molar-refractivity contribution in [2.24, 2.45) is 0 Å². The van der Waals surface area contributed by atoms with E-state index in [2.05, 4.69) is 18.2 Å². The molecular formula is C23H24N2O. The summed E-state index contributed by atoms with van der Waals surface area (Å²) in [6, 6.07) is 24.0. The fraction of sp³-hybridized carbons (Fsp3) is 0.174. The lowest BCUT2D eigenvalue weighted by Gasteiger charge is -2.18. The summed E-state index contributed by atoms with van der Waals surface area (Å²) < 4.78 is 0. The first kappa shape index (κ1) is 17.7. The van der Waals surface area contributed by atoms with Gasteiger partial charge in [0.15, 0.2) is 5.78 Å². The van der Waals surface area contributed by atoms with Crippen LogP contribution in [0, 0.1) is 0 Å². The monoisotopic (exact) mass is 344 g/mol. The maximum atomic E-state index is 13.2. The molecule has 3 aromatic rings. The Kier molecular flexibility index (Phi) is 5.08. The second kappa shape index (κ2) is 7.44. The first-order valence-electron chi connectivity index (χ1n) is 8.66. The number of hydrogen-bond donors (Lipinski definition) is 0. The zero-order valence-corrected chi connectivity index (χ0v) is 15.7. The van der Waals surface area contributed by atoms with Crippen LogP contribution in [0.25, 0.3) is 11.1 Å². The molecule has 0 aromatic heterocycles. The highest BCUT2D eigenvalue weighted by molar-refractivity contribution is 6.13. The molecule has 0 saturated heterocycles. The molecule has 0 fully saturated rings. The molecule has 0 aliphatic rings. The lowest BCUT2D eigenvalue weighted by atomic mass is 9.96. The number of rotatable bonds is 5. The standard InChI is InChI=1S/C23H24N2O/c1-24(2)20-13-10-18(11-14-20)23(26)21-16-19(12-15-22(21)25(3)4)17-8-6-5-7-9-17/h5-16H,1-4H3. The van der Waals surface area contributed by atoms with Gasteiger partial charge in [0, 0.05) is 50.7 Å². The van der Waals surface area contributed by atoms with Gasteiger partial charge in [0.1, 0.15) is 0 Å². The van der Waals surface area contributed by atoms with Crippen LogP contribution in [0.2, 0.25) is 0 Å².